The van der Waals surface area contributed by atoms with Gasteiger partial charge >= 0.3 is 5.97 Å². The molecule has 2 aromatic carbocycles. The van der Waals surface area contributed by atoms with Crippen molar-refractivity contribution in [2.75, 3.05) is 31.2 Å². The molecular weight excluding hydrogens is 442 g/mol. The number of rotatable bonds is 5. The van der Waals surface area contributed by atoms with Gasteiger partial charge in [0.15, 0.2) is 0 Å². The molecular formula is C26H28ClNO5. The Morgan fingerprint density at radius 2 is 2.09 bits per heavy atom. The Hall–Kier alpha value is -2.70. The van der Waals surface area contributed by atoms with E-state index in [4.69, 9.17) is 21.1 Å². The van der Waals surface area contributed by atoms with Gasteiger partial charge in [-0.3, -0.25) is 0 Å². The summed E-state index contributed by atoms with van der Waals surface area (Å²) in [4.78, 5) is 14.0. The van der Waals surface area contributed by atoms with E-state index < -0.39 is 12.1 Å². The number of hydrogen-bond donors (Lipinski definition) is 2. The van der Waals surface area contributed by atoms with E-state index in [-0.39, 0.29) is 16.9 Å². The van der Waals surface area contributed by atoms with Crippen LogP contribution in [0.2, 0.25) is 5.02 Å². The molecule has 1 unspecified atom stereocenters. The van der Waals surface area contributed by atoms with Crippen LogP contribution in [0.15, 0.2) is 49.1 Å². The topological polar surface area (TPSA) is 79.2 Å². The molecule has 1 fully saturated rings. The van der Waals surface area contributed by atoms with Gasteiger partial charge in [-0.1, -0.05) is 23.7 Å². The molecule has 1 spiro atoms. The lowest BCUT2D eigenvalue weighted by Crippen LogP contribution is -2.50. The van der Waals surface area contributed by atoms with Gasteiger partial charge in [0.1, 0.15) is 11.5 Å². The van der Waals surface area contributed by atoms with E-state index in [1.807, 2.05) is 18.2 Å². The lowest BCUT2D eigenvalue weighted by Gasteiger charge is -2.45. The molecule has 0 aromatic heterocycles. The molecule has 1 saturated carbocycles. The van der Waals surface area contributed by atoms with Gasteiger partial charge in [-0.2, -0.15) is 0 Å². The maximum Gasteiger partial charge on any atom is 0.335 e. The Morgan fingerprint density at radius 3 is 2.82 bits per heavy atom. The maximum absolute atomic E-state index is 11.7. The highest BCUT2D eigenvalue weighted by molar-refractivity contribution is 6.30. The number of halogens is 1. The van der Waals surface area contributed by atoms with Gasteiger partial charge in [-0.05, 0) is 61.4 Å². The summed E-state index contributed by atoms with van der Waals surface area (Å²) >= 11 is 6.23. The summed E-state index contributed by atoms with van der Waals surface area (Å²) in [6, 6.07) is 10.8. The monoisotopic (exact) mass is 469 g/mol. The maximum atomic E-state index is 11.7. The van der Waals surface area contributed by atoms with E-state index in [9.17, 15) is 15.0 Å². The van der Waals surface area contributed by atoms with Gasteiger partial charge < -0.3 is 24.6 Å². The van der Waals surface area contributed by atoms with Crippen LogP contribution in [0.4, 0.5) is 5.69 Å². The smallest absolute Gasteiger partial charge is 0.335 e. The van der Waals surface area contributed by atoms with Crippen molar-refractivity contribution in [3.63, 3.8) is 0 Å². The van der Waals surface area contributed by atoms with Crippen LogP contribution in [0.5, 0.6) is 11.5 Å². The molecule has 0 amide bonds. The zero-order chi connectivity index (χ0) is 23.2. The Morgan fingerprint density at radius 1 is 1.24 bits per heavy atom. The second-order valence-electron chi connectivity index (χ2n) is 9.40. The summed E-state index contributed by atoms with van der Waals surface area (Å²) in [7, 11) is 0. The van der Waals surface area contributed by atoms with Crippen LogP contribution in [-0.2, 0) is 5.41 Å². The molecule has 6 nitrogen and oxygen atoms in total. The molecule has 2 heterocycles. The number of carboxylic acids is 1. The fraction of sp³-hybridized carbons (Fsp3) is 0.423. The van der Waals surface area contributed by atoms with Crippen LogP contribution >= 0.6 is 11.6 Å². The minimum atomic E-state index is -0.966. The van der Waals surface area contributed by atoms with E-state index in [0.29, 0.717) is 43.0 Å². The highest BCUT2D eigenvalue weighted by Gasteiger charge is 2.44. The average Bonchev–Trinajstić information content (AvgIpc) is 2.93. The molecule has 2 aromatic rings. The largest absolute Gasteiger partial charge is 0.493 e. The molecule has 1 aliphatic carbocycles. The van der Waals surface area contributed by atoms with Gasteiger partial charge in [0, 0.05) is 23.7 Å². The van der Waals surface area contributed by atoms with E-state index in [2.05, 4.69) is 11.5 Å². The van der Waals surface area contributed by atoms with Crippen molar-refractivity contribution in [1.29, 1.82) is 0 Å². The number of fused-ring (bicyclic) bond motifs is 3. The number of nitrogens with zero attached hydrogens (tertiary/aromatic N) is 1. The number of carbonyl (C=O) groups is 1. The fourth-order valence-electron chi connectivity index (χ4n) is 5.48. The highest BCUT2D eigenvalue weighted by atomic mass is 35.5. The Bertz CT molecular complexity index is 1090. The van der Waals surface area contributed by atoms with Gasteiger partial charge in [-0.15, -0.1) is 6.58 Å². The zero-order valence-electron chi connectivity index (χ0n) is 18.4. The summed E-state index contributed by atoms with van der Waals surface area (Å²) in [5.41, 5.74) is 1.75. The lowest BCUT2D eigenvalue weighted by molar-refractivity contribution is 0.0458. The normalized spacial score (nSPS) is 26.7. The van der Waals surface area contributed by atoms with Crippen LogP contribution < -0.4 is 14.4 Å². The summed E-state index contributed by atoms with van der Waals surface area (Å²) < 4.78 is 12.3. The minimum absolute atomic E-state index is 0.162. The molecule has 3 aliphatic rings. The number of aromatic carboxylic acids is 1. The molecule has 2 aliphatic heterocycles. The number of hydrogen-bond acceptors (Lipinski definition) is 5. The molecule has 0 saturated heterocycles. The number of benzene rings is 2. The Balaban J connectivity index is 1.55. The molecule has 0 bridgehead atoms. The third-order valence-electron chi connectivity index (χ3n) is 7.51. The summed E-state index contributed by atoms with van der Waals surface area (Å²) in [5, 5.41) is 20.6. The van der Waals surface area contributed by atoms with Gasteiger partial charge in [0.25, 0.3) is 0 Å². The summed E-state index contributed by atoms with van der Waals surface area (Å²) in [5.74, 6) is 0.942. The van der Waals surface area contributed by atoms with Crippen LogP contribution in [0.25, 0.3) is 0 Å². The van der Waals surface area contributed by atoms with E-state index in [0.717, 1.165) is 36.3 Å². The van der Waals surface area contributed by atoms with Gasteiger partial charge in [0.05, 0.1) is 36.0 Å². The second kappa shape index (κ2) is 8.58. The third kappa shape index (κ3) is 3.96. The van der Waals surface area contributed by atoms with Crippen LogP contribution in [0.1, 0.15) is 35.2 Å². The molecule has 33 heavy (non-hydrogen) atoms. The lowest BCUT2D eigenvalue weighted by atomic mass is 9.70. The molecule has 0 radical (unpaired) electrons. The second-order valence-corrected chi connectivity index (χ2v) is 9.84. The Labute approximate surface area is 198 Å². The van der Waals surface area contributed by atoms with Crippen molar-refractivity contribution >= 4 is 23.3 Å². The van der Waals surface area contributed by atoms with Crippen molar-refractivity contribution in [2.45, 2.75) is 30.8 Å². The number of aliphatic hydroxyl groups excluding tert-OH is 1. The quantitative estimate of drug-likeness (QED) is 0.626. The predicted octanol–water partition coefficient (Wildman–Crippen LogP) is 4.53. The first-order valence-corrected chi connectivity index (χ1v) is 11.8. The number of anilines is 1. The van der Waals surface area contributed by atoms with Crippen LogP contribution in [-0.4, -0.2) is 48.6 Å². The molecule has 5 rings (SSSR count). The van der Waals surface area contributed by atoms with Gasteiger partial charge in [0.2, 0.25) is 0 Å². The third-order valence-corrected chi connectivity index (χ3v) is 7.74. The number of ether oxygens (including phenoxy) is 2. The fourth-order valence-corrected chi connectivity index (χ4v) is 5.64. The summed E-state index contributed by atoms with van der Waals surface area (Å²) in [6.45, 7) is 6.14. The van der Waals surface area contributed by atoms with Gasteiger partial charge in [-0.25, -0.2) is 4.79 Å². The molecule has 4 atom stereocenters. The molecule has 174 valence electrons. The minimum Gasteiger partial charge on any atom is -0.493 e. The Kier molecular flexibility index (Phi) is 5.75. The van der Waals surface area contributed by atoms with Crippen molar-refractivity contribution in [2.24, 2.45) is 11.8 Å². The number of aliphatic hydroxyl groups is 1. The average molecular weight is 470 g/mol. The van der Waals surface area contributed by atoms with E-state index >= 15 is 0 Å². The predicted molar refractivity (Wildman–Crippen MR) is 127 cm³/mol. The highest BCUT2D eigenvalue weighted by Crippen LogP contribution is 2.47. The van der Waals surface area contributed by atoms with Crippen molar-refractivity contribution < 1.29 is 24.5 Å². The SMILES string of the molecule is C=CC(O)[C@@H]1CC[C@H]1CN1C[C@@]2(CCOc3cc(Cl)ccc32)COc2ccc(C(=O)O)cc21. The van der Waals surface area contributed by atoms with E-state index in [1.54, 1.807) is 24.3 Å². The number of carboxylic acid groups (broad SMARTS) is 1. The first-order valence-electron chi connectivity index (χ1n) is 11.4. The zero-order valence-corrected chi connectivity index (χ0v) is 19.1. The van der Waals surface area contributed by atoms with Crippen molar-refractivity contribution in [3.8, 4) is 11.5 Å². The molecule has 7 heteroatoms. The van der Waals surface area contributed by atoms with Crippen LogP contribution in [0.3, 0.4) is 0 Å². The first kappa shape index (κ1) is 22.1. The standard InChI is InChI=1S/C26H28ClNO5/c1-2-22(29)19-6-3-17(19)13-28-14-26(9-10-32-24-12-18(27)5-7-20(24)26)15-33-23-8-4-16(25(30)31)11-21(23)28/h2,4-5,7-8,11-12,17,19,22,29H,1,3,6,9-10,13-15H2,(H,30,31)/t17-,19+,22?,26-/m0/s1. The molecule has 2 N–H and O–H groups in total. The van der Waals surface area contributed by atoms with Crippen LogP contribution in [0, 0.1) is 11.8 Å². The van der Waals surface area contributed by atoms with E-state index in [1.165, 1.54) is 0 Å². The van der Waals surface area contributed by atoms with Crippen molar-refractivity contribution in [1.82, 2.24) is 0 Å². The summed E-state index contributed by atoms with van der Waals surface area (Å²) in [6.07, 6.45) is 3.84. The van der Waals surface area contributed by atoms with Crippen molar-refractivity contribution in [3.05, 3.63) is 65.2 Å². The first-order chi connectivity index (χ1) is 15.9.